The molecule has 1 fully saturated rings. The molecule has 1 atom stereocenters. The fraction of sp³-hybridized carbons (Fsp3) is 0.222. The number of urea groups is 1. The van der Waals surface area contributed by atoms with Gasteiger partial charge in [-0.25, -0.2) is 4.79 Å². The fourth-order valence-electron chi connectivity index (χ4n) is 2.76. The standard InChI is InChI=1S/C18H16Cl2N2O3/c1-18(12-6-2-3-7-13(12)19)16(23)22(17(24)21-18)10-11-25-15-9-5-4-8-14(15)20/h2-9H,10-11H2,1H3,(H,21,24)/t18-/m0/s1. The van der Waals surface area contributed by atoms with Gasteiger partial charge in [-0.2, -0.15) is 0 Å². The highest BCUT2D eigenvalue weighted by Gasteiger charge is 2.49. The van der Waals surface area contributed by atoms with E-state index in [-0.39, 0.29) is 19.1 Å². The third-order valence-corrected chi connectivity index (χ3v) is 4.74. The number of nitrogens with one attached hydrogen (secondary N) is 1. The SMILES string of the molecule is C[C@@]1(c2ccccc2Cl)NC(=O)N(CCOc2ccccc2Cl)C1=O. The molecule has 1 N–H and O–H groups in total. The van der Waals surface area contributed by atoms with E-state index in [0.717, 1.165) is 4.90 Å². The van der Waals surface area contributed by atoms with Gasteiger partial charge in [0.25, 0.3) is 5.91 Å². The molecule has 1 aliphatic heterocycles. The van der Waals surface area contributed by atoms with Gasteiger partial charge in [0.1, 0.15) is 17.9 Å². The summed E-state index contributed by atoms with van der Waals surface area (Å²) in [5.41, 5.74) is -0.635. The number of carbonyl (C=O) groups is 2. The molecule has 1 saturated heterocycles. The van der Waals surface area contributed by atoms with Crippen molar-refractivity contribution in [2.24, 2.45) is 0 Å². The highest BCUT2D eigenvalue weighted by atomic mass is 35.5. The summed E-state index contributed by atoms with van der Waals surface area (Å²) in [6.45, 7) is 1.89. The number of benzene rings is 2. The molecular weight excluding hydrogens is 363 g/mol. The maximum absolute atomic E-state index is 12.8. The summed E-state index contributed by atoms with van der Waals surface area (Å²) in [4.78, 5) is 26.2. The summed E-state index contributed by atoms with van der Waals surface area (Å²) in [5, 5.41) is 3.62. The predicted octanol–water partition coefficient (Wildman–Crippen LogP) is 3.84. The lowest BCUT2D eigenvalue weighted by molar-refractivity contribution is -0.131. The monoisotopic (exact) mass is 378 g/mol. The maximum Gasteiger partial charge on any atom is 0.325 e. The summed E-state index contributed by atoms with van der Waals surface area (Å²) < 4.78 is 5.56. The average Bonchev–Trinajstić information content (AvgIpc) is 2.80. The Kier molecular flexibility index (Phi) is 4.88. The summed E-state index contributed by atoms with van der Waals surface area (Å²) in [7, 11) is 0. The van der Waals surface area contributed by atoms with E-state index in [2.05, 4.69) is 5.32 Å². The molecule has 1 heterocycles. The van der Waals surface area contributed by atoms with Crippen molar-refractivity contribution in [1.82, 2.24) is 10.2 Å². The molecule has 25 heavy (non-hydrogen) atoms. The zero-order chi connectivity index (χ0) is 18.0. The molecule has 1 aliphatic rings. The molecular formula is C18H16Cl2N2O3. The molecule has 0 saturated carbocycles. The van der Waals surface area contributed by atoms with Crippen LogP contribution < -0.4 is 10.1 Å². The van der Waals surface area contributed by atoms with Gasteiger partial charge in [-0.05, 0) is 25.1 Å². The van der Waals surface area contributed by atoms with Crippen LogP contribution >= 0.6 is 23.2 Å². The van der Waals surface area contributed by atoms with Crippen molar-refractivity contribution in [3.05, 3.63) is 64.1 Å². The molecule has 0 unspecified atom stereocenters. The summed E-state index contributed by atoms with van der Waals surface area (Å²) in [6, 6.07) is 13.5. The number of nitrogens with zero attached hydrogens (tertiary/aromatic N) is 1. The molecule has 0 radical (unpaired) electrons. The molecule has 3 amide bonds. The molecule has 5 nitrogen and oxygen atoms in total. The maximum atomic E-state index is 12.8. The Bertz CT molecular complexity index is 827. The van der Waals surface area contributed by atoms with Crippen LogP contribution in [0.3, 0.4) is 0 Å². The average molecular weight is 379 g/mol. The second kappa shape index (κ2) is 6.94. The van der Waals surface area contributed by atoms with Gasteiger partial charge < -0.3 is 10.1 Å². The molecule has 0 aromatic heterocycles. The first-order chi connectivity index (χ1) is 11.9. The van der Waals surface area contributed by atoms with E-state index < -0.39 is 11.6 Å². The minimum atomic E-state index is -1.19. The molecule has 0 aliphatic carbocycles. The van der Waals surface area contributed by atoms with Gasteiger partial charge in [0, 0.05) is 10.6 Å². The third kappa shape index (κ3) is 3.30. The first-order valence-corrected chi connectivity index (χ1v) is 8.45. The van der Waals surface area contributed by atoms with Crippen LogP contribution in [0.4, 0.5) is 4.79 Å². The summed E-state index contributed by atoms with van der Waals surface area (Å²) in [5.74, 6) is 0.137. The number of ether oxygens (including phenoxy) is 1. The first kappa shape index (κ1) is 17.6. The highest BCUT2D eigenvalue weighted by Crippen LogP contribution is 2.33. The van der Waals surface area contributed by atoms with Crippen LogP contribution in [0.1, 0.15) is 12.5 Å². The predicted molar refractivity (Wildman–Crippen MR) is 96.0 cm³/mol. The highest BCUT2D eigenvalue weighted by molar-refractivity contribution is 6.32. The Morgan fingerprint density at radius 1 is 1.04 bits per heavy atom. The van der Waals surface area contributed by atoms with Crippen LogP contribution in [-0.4, -0.2) is 30.0 Å². The molecule has 7 heteroatoms. The molecule has 0 bridgehead atoms. The van der Waals surface area contributed by atoms with E-state index in [4.69, 9.17) is 27.9 Å². The molecule has 130 valence electrons. The summed E-state index contributed by atoms with van der Waals surface area (Å²) >= 11 is 12.2. The van der Waals surface area contributed by atoms with Crippen LogP contribution in [-0.2, 0) is 10.3 Å². The molecule has 2 aromatic carbocycles. The Balaban J connectivity index is 1.72. The van der Waals surface area contributed by atoms with Crippen molar-refractivity contribution < 1.29 is 14.3 Å². The van der Waals surface area contributed by atoms with Gasteiger partial charge in [0.2, 0.25) is 0 Å². The molecule has 2 aromatic rings. The normalized spacial score (nSPS) is 19.9. The smallest absolute Gasteiger partial charge is 0.325 e. The second-order valence-electron chi connectivity index (χ2n) is 5.77. The Hall–Kier alpha value is -2.24. The fourth-order valence-corrected chi connectivity index (χ4v) is 3.27. The number of para-hydroxylation sites is 1. The summed E-state index contributed by atoms with van der Waals surface area (Å²) in [6.07, 6.45) is 0. The van der Waals surface area contributed by atoms with Crippen LogP contribution in [0.25, 0.3) is 0 Å². The number of halogens is 2. The van der Waals surface area contributed by atoms with Gasteiger partial charge in [-0.3, -0.25) is 9.69 Å². The zero-order valence-corrected chi connectivity index (χ0v) is 15.0. The van der Waals surface area contributed by atoms with Gasteiger partial charge in [0.15, 0.2) is 0 Å². The number of amides is 3. The van der Waals surface area contributed by atoms with E-state index in [1.54, 1.807) is 55.5 Å². The van der Waals surface area contributed by atoms with Crippen LogP contribution in [0.2, 0.25) is 10.0 Å². The van der Waals surface area contributed by atoms with Gasteiger partial charge in [0.05, 0.1) is 11.6 Å². The Morgan fingerprint density at radius 2 is 1.68 bits per heavy atom. The topological polar surface area (TPSA) is 58.6 Å². The van der Waals surface area contributed by atoms with Crippen LogP contribution in [0.5, 0.6) is 5.75 Å². The number of imide groups is 1. The largest absolute Gasteiger partial charge is 0.490 e. The number of carbonyl (C=O) groups excluding carboxylic acids is 2. The number of hydrogen-bond acceptors (Lipinski definition) is 3. The van der Waals surface area contributed by atoms with Gasteiger partial charge >= 0.3 is 6.03 Å². The quantitative estimate of drug-likeness (QED) is 0.804. The van der Waals surface area contributed by atoms with Crippen molar-refractivity contribution in [2.45, 2.75) is 12.5 Å². The van der Waals surface area contributed by atoms with E-state index in [0.29, 0.717) is 21.4 Å². The van der Waals surface area contributed by atoms with E-state index in [1.807, 2.05) is 0 Å². The van der Waals surface area contributed by atoms with Crippen molar-refractivity contribution in [1.29, 1.82) is 0 Å². The number of hydrogen-bond donors (Lipinski definition) is 1. The van der Waals surface area contributed by atoms with E-state index >= 15 is 0 Å². The Morgan fingerprint density at radius 3 is 2.36 bits per heavy atom. The lowest BCUT2D eigenvalue weighted by atomic mass is 9.92. The van der Waals surface area contributed by atoms with E-state index in [1.165, 1.54) is 0 Å². The minimum Gasteiger partial charge on any atom is -0.490 e. The second-order valence-corrected chi connectivity index (χ2v) is 6.59. The van der Waals surface area contributed by atoms with Gasteiger partial charge in [-0.1, -0.05) is 53.5 Å². The third-order valence-electron chi connectivity index (χ3n) is 4.10. The molecule has 0 spiro atoms. The van der Waals surface area contributed by atoms with Crippen molar-refractivity contribution >= 4 is 35.1 Å². The molecule has 3 rings (SSSR count). The van der Waals surface area contributed by atoms with Crippen molar-refractivity contribution in [2.75, 3.05) is 13.2 Å². The van der Waals surface area contributed by atoms with Crippen LogP contribution in [0.15, 0.2) is 48.5 Å². The van der Waals surface area contributed by atoms with Crippen LogP contribution in [0, 0.1) is 0 Å². The Labute approximate surface area is 155 Å². The van der Waals surface area contributed by atoms with E-state index in [9.17, 15) is 9.59 Å². The zero-order valence-electron chi connectivity index (χ0n) is 13.5. The lowest BCUT2D eigenvalue weighted by Gasteiger charge is -2.23. The number of rotatable bonds is 5. The lowest BCUT2D eigenvalue weighted by Crippen LogP contribution is -2.41. The van der Waals surface area contributed by atoms with Gasteiger partial charge in [-0.15, -0.1) is 0 Å². The minimum absolute atomic E-state index is 0.107. The van der Waals surface area contributed by atoms with Crippen molar-refractivity contribution in [3.8, 4) is 5.75 Å². The van der Waals surface area contributed by atoms with Crippen molar-refractivity contribution in [3.63, 3.8) is 0 Å². The first-order valence-electron chi connectivity index (χ1n) is 7.70.